The van der Waals surface area contributed by atoms with Crippen LogP contribution in [0.25, 0.3) is 0 Å². The van der Waals surface area contributed by atoms with Crippen LogP contribution in [0.3, 0.4) is 0 Å². The van der Waals surface area contributed by atoms with Crippen LogP contribution in [-0.4, -0.2) is 31.6 Å². The van der Waals surface area contributed by atoms with E-state index in [0.29, 0.717) is 6.61 Å². The number of halogens is 3. The van der Waals surface area contributed by atoms with E-state index >= 15 is 0 Å². The van der Waals surface area contributed by atoms with Gasteiger partial charge < -0.3 is 9.47 Å². The number of hydrogen-bond donors (Lipinski definition) is 0. The van der Waals surface area contributed by atoms with Gasteiger partial charge in [-0.25, -0.2) is 0 Å². The first-order valence-corrected chi connectivity index (χ1v) is 3.70. The second-order valence-electron chi connectivity index (χ2n) is 3.16. The fraction of sp³-hybridized carbons (Fsp3) is 1.00. The standard InChI is InChI=1S/C7H11F3O2/c1-6(5-12-6)4-11-3-2-7(8,9)10/h2-5H2,1H3. The summed E-state index contributed by atoms with van der Waals surface area (Å²) in [5, 5.41) is 0. The zero-order valence-electron chi connectivity index (χ0n) is 6.78. The molecule has 2 nitrogen and oxygen atoms in total. The van der Waals surface area contributed by atoms with Gasteiger partial charge in [0.2, 0.25) is 0 Å². The second-order valence-corrected chi connectivity index (χ2v) is 3.16. The Labute approximate surface area is 68.6 Å². The molecule has 0 saturated carbocycles. The summed E-state index contributed by atoms with van der Waals surface area (Å²) in [5.74, 6) is 0. The zero-order chi connectivity index (χ0) is 9.24. The van der Waals surface area contributed by atoms with Crippen molar-refractivity contribution in [3.8, 4) is 0 Å². The Balaban J connectivity index is 1.96. The third kappa shape index (κ3) is 3.92. The van der Waals surface area contributed by atoms with E-state index in [9.17, 15) is 13.2 Å². The predicted molar refractivity (Wildman–Crippen MR) is 35.8 cm³/mol. The largest absolute Gasteiger partial charge is 0.391 e. The van der Waals surface area contributed by atoms with Crippen molar-refractivity contribution < 1.29 is 22.6 Å². The molecule has 1 aliphatic heterocycles. The quantitative estimate of drug-likeness (QED) is 0.490. The van der Waals surface area contributed by atoms with Crippen molar-refractivity contribution in [1.29, 1.82) is 0 Å². The number of hydrogen-bond acceptors (Lipinski definition) is 2. The molecule has 0 aromatic rings. The highest BCUT2D eigenvalue weighted by molar-refractivity contribution is 4.86. The van der Waals surface area contributed by atoms with E-state index < -0.39 is 12.6 Å². The molecule has 1 unspecified atom stereocenters. The van der Waals surface area contributed by atoms with Crippen LogP contribution in [0.15, 0.2) is 0 Å². The lowest BCUT2D eigenvalue weighted by atomic mass is 10.2. The summed E-state index contributed by atoms with van der Waals surface area (Å²) < 4.78 is 44.5. The normalized spacial score (nSPS) is 29.0. The van der Waals surface area contributed by atoms with Crippen LogP contribution < -0.4 is 0 Å². The van der Waals surface area contributed by atoms with Crippen molar-refractivity contribution in [3.63, 3.8) is 0 Å². The molecular formula is C7H11F3O2. The van der Waals surface area contributed by atoms with E-state index in [4.69, 9.17) is 9.47 Å². The minimum atomic E-state index is -4.12. The second kappa shape index (κ2) is 3.22. The van der Waals surface area contributed by atoms with Gasteiger partial charge >= 0.3 is 6.18 Å². The molecular weight excluding hydrogens is 173 g/mol. The van der Waals surface area contributed by atoms with Crippen molar-refractivity contribution in [2.45, 2.75) is 25.1 Å². The average molecular weight is 184 g/mol. The van der Waals surface area contributed by atoms with Crippen LogP contribution in [-0.2, 0) is 9.47 Å². The van der Waals surface area contributed by atoms with E-state index in [1.165, 1.54) is 0 Å². The predicted octanol–water partition coefficient (Wildman–Crippen LogP) is 1.74. The monoisotopic (exact) mass is 184 g/mol. The molecule has 5 heteroatoms. The van der Waals surface area contributed by atoms with Gasteiger partial charge in [0.1, 0.15) is 5.60 Å². The Kier molecular flexibility index (Phi) is 2.63. The molecule has 0 amide bonds. The summed E-state index contributed by atoms with van der Waals surface area (Å²) in [6.07, 6.45) is -5.01. The van der Waals surface area contributed by atoms with E-state index in [0.717, 1.165) is 0 Å². The summed E-state index contributed by atoms with van der Waals surface area (Å²) in [6.45, 7) is 2.37. The Morgan fingerprint density at radius 2 is 2.08 bits per heavy atom. The molecule has 0 N–H and O–H groups in total. The molecule has 0 aliphatic carbocycles. The van der Waals surface area contributed by atoms with E-state index in [1.54, 1.807) is 6.92 Å². The number of rotatable bonds is 4. The van der Waals surface area contributed by atoms with Crippen LogP contribution in [0.4, 0.5) is 13.2 Å². The summed E-state index contributed by atoms with van der Waals surface area (Å²) >= 11 is 0. The highest BCUT2D eigenvalue weighted by atomic mass is 19.4. The third-order valence-electron chi connectivity index (χ3n) is 1.57. The van der Waals surface area contributed by atoms with Gasteiger partial charge in [0, 0.05) is 0 Å². The molecule has 1 fully saturated rings. The molecule has 72 valence electrons. The Bertz CT molecular complexity index is 144. The van der Waals surface area contributed by atoms with Gasteiger partial charge in [-0.15, -0.1) is 0 Å². The molecule has 0 radical (unpaired) electrons. The molecule has 0 aromatic carbocycles. The fourth-order valence-electron chi connectivity index (χ4n) is 0.682. The number of alkyl halides is 3. The molecule has 0 aromatic heterocycles. The van der Waals surface area contributed by atoms with Crippen molar-refractivity contribution in [2.75, 3.05) is 19.8 Å². The first kappa shape index (κ1) is 9.80. The van der Waals surface area contributed by atoms with Crippen LogP contribution in [0.5, 0.6) is 0 Å². The highest BCUT2D eigenvalue weighted by Gasteiger charge is 2.39. The first-order valence-electron chi connectivity index (χ1n) is 3.70. The van der Waals surface area contributed by atoms with Gasteiger partial charge in [0.05, 0.1) is 26.2 Å². The molecule has 0 bridgehead atoms. The van der Waals surface area contributed by atoms with Gasteiger partial charge in [-0.3, -0.25) is 0 Å². The van der Waals surface area contributed by atoms with E-state index in [-0.39, 0.29) is 18.8 Å². The molecule has 0 spiro atoms. The van der Waals surface area contributed by atoms with Gasteiger partial charge in [-0.05, 0) is 6.92 Å². The van der Waals surface area contributed by atoms with Crippen molar-refractivity contribution >= 4 is 0 Å². The van der Waals surface area contributed by atoms with Crippen molar-refractivity contribution in [1.82, 2.24) is 0 Å². The Morgan fingerprint density at radius 1 is 1.50 bits per heavy atom. The topological polar surface area (TPSA) is 21.8 Å². The molecule has 1 aliphatic rings. The Morgan fingerprint density at radius 3 is 2.50 bits per heavy atom. The first-order chi connectivity index (χ1) is 5.41. The SMILES string of the molecule is CC1(COCCC(F)(F)F)CO1. The lowest BCUT2D eigenvalue weighted by Crippen LogP contribution is -2.18. The lowest BCUT2D eigenvalue weighted by Gasteiger charge is -2.08. The maximum atomic E-state index is 11.6. The molecule has 12 heavy (non-hydrogen) atoms. The highest BCUT2D eigenvalue weighted by Crippen LogP contribution is 2.26. The lowest BCUT2D eigenvalue weighted by molar-refractivity contribution is -0.146. The van der Waals surface area contributed by atoms with E-state index in [2.05, 4.69) is 0 Å². The van der Waals surface area contributed by atoms with Crippen LogP contribution in [0.2, 0.25) is 0 Å². The van der Waals surface area contributed by atoms with Gasteiger partial charge in [0.25, 0.3) is 0 Å². The van der Waals surface area contributed by atoms with Crippen LogP contribution >= 0.6 is 0 Å². The summed E-state index contributed by atoms with van der Waals surface area (Å²) in [7, 11) is 0. The molecule has 1 atom stereocenters. The van der Waals surface area contributed by atoms with Gasteiger partial charge in [0.15, 0.2) is 0 Å². The Hall–Kier alpha value is -0.290. The van der Waals surface area contributed by atoms with Gasteiger partial charge in [-0.2, -0.15) is 13.2 Å². The maximum absolute atomic E-state index is 11.6. The zero-order valence-corrected chi connectivity index (χ0v) is 6.78. The van der Waals surface area contributed by atoms with Crippen LogP contribution in [0, 0.1) is 0 Å². The fourth-order valence-corrected chi connectivity index (χ4v) is 0.682. The summed E-state index contributed by atoms with van der Waals surface area (Å²) in [4.78, 5) is 0. The minimum absolute atomic E-state index is 0.253. The van der Waals surface area contributed by atoms with Crippen LogP contribution in [0.1, 0.15) is 13.3 Å². The van der Waals surface area contributed by atoms with E-state index in [1.807, 2.05) is 0 Å². The third-order valence-corrected chi connectivity index (χ3v) is 1.57. The van der Waals surface area contributed by atoms with Crippen molar-refractivity contribution in [3.05, 3.63) is 0 Å². The van der Waals surface area contributed by atoms with Gasteiger partial charge in [-0.1, -0.05) is 0 Å². The minimum Gasteiger partial charge on any atom is -0.378 e. The number of epoxide rings is 1. The average Bonchev–Trinajstić information content (AvgIpc) is 2.60. The maximum Gasteiger partial charge on any atom is 0.391 e. The molecule has 1 heterocycles. The smallest absolute Gasteiger partial charge is 0.378 e. The summed E-state index contributed by atoms with van der Waals surface area (Å²) in [5.41, 5.74) is -0.314. The number of ether oxygens (including phenoxy) is 2. The summed E-state index contributed by atoms with van der Waals surface area (Å²) in [6, 6.07) is 0. The molecule has 1 rings (SSSR count). The van der Waals surface area contributed by atoms with Crippen molar-refractivity contribution in [2.24, 2.45) is 0 Å². The molecule has 1 saturated heterocycles.